The fraction of sp³-hybridized carbons (Fsp3) is 0.300. The number of fused-ring (bicyclic) bond motifs is 1. The summed E-state index contributed by atoms with van der Waals surface area (Å²) in [6, 6.07) is 5.84. The minimum absolute atomic E-state index is 0.772. The predicted molar refractivity (Wildman–Crippen MR) is 49.6 cm³/mol. The average molecular weight is 174 g/mol. The van der Waals surface area contributed by atoms with Crippen molar-refractivity contribution in [1.82, 2.24) is 5.32 Å². The lowest BCUT2D eigenvalue weighted by molar-refractivity contribution is 0.565. The summed E-state index contributed by atoms with van der Waals surface area (Å²) >= 11 is 0. The predicted octanol–water partition coefficient (Wildman–Crippen LogP) is 1.30. The van der Waals surface area contributed by atoms with Crippen LogP contribution in [0, 0.1) is 0 Å². The number of nitrogens with zero attached hydrogens (tertiary/aromatic N) is 1. The van der Waals surface area contributed by atoms with Gasteiger partial charge in [-0.05, 0) is 30.2 Å². The Bertz CT molecular complexity index is 367. The zero-order chi connectivity index (χ0) is 9.10. The van der Waals surface area contributed by atoms with Crippen molar-refractivity contribution in [2.24, 2.45) is 4.99 Å². The molecule has 0 radical (unpaired) electrons. The molecule has 0 saturated heterocycles. The number of carbonyl (C=O) groups excluding carboxylic acids is 1. The van der Waals surface area contributed by atoms with Crippen LogP contribution in [-0.2, 0) is 17.8 Å². The Morgan fingerprint density at radius 3 is 3.23 bits per heavy atom. The van der Waals surface area contributed by atoms with Gasteiger partial charge < -0.3 is 5.32 Å². The van der Waals surface area contributed by atoms with Crippen molar-refractivity contribution in [3.8, 4) is 0 Å². The van der Waals surface area contributed by atoms with E-state index in [2.05, 4.69) is 16.4 Å². The fourth-order valence-electron chi connectivity index (χ4n) is 1.67. The summed E-state index contributed by atoms with van der Waals surface area (Å²) in [5, 5.41) is 3.27. The molecule has 0 bridgehead atoms. The maximum Gasteiger partial charge on any atom is 0.240 e. The number of isocyanates is 1. The quantitative estimate of drug-likeness (QED) is 0.515. The summed E-state index contributed by atoms with van der Waals surface area (Å²) < 4.78 is 0. The van der Waals surface area contributed by atoms with Crippen LogP contribution in [0.15, 0.2) is 23.2 Å². The number of nitrogens with one attached hydrogen (secondary N) is 1. The van der Waals surface area contributed by atoms with Gasteiger partial charge in [0.2, 0.25) is 6.08 Å². The molecule has 0 saturated carbocycles. The van der Waals surface area contributed by atoms with Crippen LogP contribution in [0.4, 0.5) is 5.69 Å². The van der Waals surface area contributed by atoms with Crippen molar-refractivity contribution in [3.63, 3.8) is 0 Å². The smallest absolute Gasteiger partial charge is 0.240 e. The van der Waals surface area contributed by atoms with E-state index in [1.165, 1.54) is 11.1 Å². The Hall–Kier alpha value is -1.44. The van der Waals surface area contributed by atoms with Crippen molar-refractivity contribution in [2.75, 3.05) is 6.54 Å². The molecule has 0 aliphatic carbocycles. The molecule has 1 aliphatic heterocycles. The van der Waals surface area contributed by atoms with E-state index in [9.17, 15) is 4.79 Å². The second-order valence-corrected chi connectivity index (χ2v) is 3.04. The molecule has 1 aliphatic rings. The van der Waals surface area contributed by atoms with Gasteiger partial charge in [-0.1, -0.05) is 12.1 Å². The molecule has 13 heavy (non-hydrogen) atoms. The summed E-state index contributed by atoms with van der Waals surface area (Å²) in [4.78, 5) is 13.8. The summed E-state index contributed by atoms with van der Waals surface area (Å²) in [7, 11) is 0. The highest BCUT2D eigenvalue weighted by atomic mass is 16.1. The van der Waals surface area contributed by atoms with Crippen LogP contribution in [0.1, 0.15) is 11.1 Å². The number of benzene rings is 1. The van der Waals surface area contributed by atoms with Crippen LogP contribution in [0.2, 0.25) is 0 Å². The molecule has 1 N–H and O–H groups in total. The van der Waals surface area contributed by atoms with E-state index >= 15 is 0 Å². The van der Waals surface area contributed by atoms with E-state index in [0.29, 0.717) is 0 Å². The third-order valence-electron chi connectivity index (χ3n) is 2.28. The van der Waals surface area contributed by atoms with Gasteiger partial charge in [0.1, 0.15) is 0 Å². The van der Waals surface area contributed by atoms with E-state index < -0.39 is 0 Å². The first-order chi connectivity index (χ1) is 6.42. The first kappa shape index (κ1) is 8.17. The zero-order valence-electron chi connectivity index (χ0n) is 7.21. The molecule has 66 valence electrons. The third-order valence-corrected chi connectivity index (χ3v) is 2.28. The van der Waals surface area contributed by atoms with Gasteiger partial charge in [0, 0.05) is 6.54 Å². The van der Waals surface area contributed by atoms with E-state index in [1.807, 2.05) is 12.1 Å². The van der Waals surface area contributed by atoms with Crippen LogP contribution in [0.3, 0.4) is 0 Å². The van der Waals surface area contributed by atoms with Crippen LogP contribution >= 0.6 is 0 Å². The fourth-order valence-corrected chi connectivity index (χ4v) is 1.67. The summed E-state index contributed by atoms with van der Waals surface area (Å²) in [6.45, 7) is 1.83. The standard InChI is InChI=1S/C10H10N2O/c13-7-12-10-3-1-2-8-6-11-5-4-9(8)10/h1-3,11H,4-6H2. The highest BCUT2D eigenvalue weighted by molar-refractivity contribution is 5.56. The lowest BCUT2D eigenvalue weighted by atomic mass is 9.99. The number of aliphatic imine (C=N–C) groups is 1. The van der Waals surface area contributed by atoms with Gasteiger partial charge in [-0.25, -0.2) is 4.79 Å². The molecule has 0 spiro atoms. The van der Waals surface area contributed by atoms with Crippen LogP contribution < -0.4 is 5.32 Å². The van der Waals surface area contributed by atoms with Crippen LogP contribution in [0.5, 0.6) is 0 Å². The molecule has 0 amide bonds. The van der Waals surface area contributed by atoms with Crippen LogP contribution in [-0.4, -0.2) is 12.6 Å². The van der Waals surface area contributed by atoms with E-state index in [0.717, 1.165) is 25.2 Å². The maximum atomic E-state index is 10.2. The number of hydrogen-bond acceptors (Lipinski definition) is 3. The van der Waals surface area contributed by atoms with Gasteiger partial charge in [-0.15, -0.1) is 0 Å². The highest BCUT2D eigenvalue weighted by Gasteiger charge is 2.11. The normalized spacial score (nSPS) is 14.5. The maximum absolute atomic E-state index is 10.2. The second-order valence-electron chi connectivity index (χ2n) is 3.04. The van der Waals surface area contributed by atoms with E-state index in [-0.39, 0.29) is 0 Å². The second kappa shape index (κ2) is 3.52. The molecule has 1 aromatic carbocycles. The van der Waals surface area contributed by atoms with Crippen molar-refractivity contribution in [2.45, 2.75) is 13.0 Å². The average Bonchev–Trinajstić information content (AvgIpc) is 2.19. The Kier molecular flexibility index (Phi) is 2.21. The summed E-state index contributed by atoms with van der Waals surface area (Å²) in [6.07, 6.45) is 2.53. The van der Waals surface area contributed by atoms with Gasteiger partial charge in [0.15, 0.2) is 0 Å². The molecule has 2 rings (SSSR count). The van der Waals surface area contributed by atoms with Gasteiger partial charge in [0.25, 0.3) is 0 Å². The first-order valence-electron chi connectivity index (χ1n) is 4.31. The van der Waals surface area contributed by atoms with Crippen molar-refractivity contribution in [3.05, 3.63) is 29.3 Å². The van der Waals surface area contributed by atoms with Crippen LogP contribution in [0.25, 0.3) is 0 Å². The van der Waals surface area contributed by atoms with Gasteiger partial charge in [-0.2, -0.15) is 4.99 Å². The third kappa shape index (κ3) is 1.52. The lowest BCUT2D eigenvalue weighted by Crippen LogP contribution is -2.23. The molecule has 3 heteroatoms. The van der Waals surface area contributed by atoms with Gasteiger partial charge in [0.05, 0.1) is 5.69 Å². The zero-order valence-corrected chi connectivity index (χ0v) is 7.21. The first-order valence-corrected chi connectivity index (χ1v) is 4.31. The molecule has 3 nitrogen and oxygen atoms in total. The van der Waals surface area contributed by atoms with Crippen molar-refractivity contribution >= 4 is 11.8 Å². The van der Waals surface area contributed by atoms with Gasteiger partial charge >= 0.3 is 0 Å². The van der Waals surface area contributed by atoms with E-state index in [1.54, 1.807) is 6.08 Å². The SMILES string of the molecule is O=C=Nc1cccc2c1CCNC2. The monoisotopic (exact) mass is 174 g/mol. The van der Waals surface area contributed by atoms with Gasteiger partial charge in [-0.3, -0.25) is 0 Å². The molecule has 1 aromatic rings. The molecular formula is C10H10N2O. The Morgan fingerprint density at radius 2 is 2.38 bits per heavy atom. The molecule has 0 aromatic heterocycles. The Morgan fingerprint density at radius 1 is 1.46 bits per heavy atom. The Balaban J connectivity index is 2.51. The molecule has 0 atom stereocenters. The van der Waals surface area contributed by atoms with Crippen molar-refractivity contribution in [1.29, 1.82) is 0 Å². The molecule has 1 heterocycles. The summed E-state index contributed by atoms with van der Waals surface area (Å²) in [5.74, 6) is 0. The number of rotatable bonds is 1. The minimum Gasteiger partial charge on any atom is -0.312 e. The largest absolute Gasteiger partial charge is 0.312 e. The highest BCUT2D eigenvalue weighted by Crippen LogP contribution is 2.24. The Labute approximate surface area is 76.5 Å². The lowest BCUT2D eigenvalue weighted by Gasteiger charge is -2.17. The number of hydrogen-bond donors (Lipinski definition) is 1. The molecular weight excluding hydrogens is 164 g/mol. The van der Waals surface area contributed by atoms with E-state index in [4.69, 9.17) is 0 Å². The van der Waals surface area contributed by atoms with Crippen molar-refractivity contribution < 1.29 is 4.79 Å². The molecule has 0 fully saturated rings. The molecule has 0 unspecified atom stereocenters. The summed E-state index contributed by atoms with van der Waals surface area (Å²) in [5.41, 5.74) is 3.20. The minimum atomic E-state index is 0.772. The topological polar surface area (TPSA) is 41.5 Å².